The molecule has 0 spiro atoms. The third-order valence-electron chi connectivity index (χ3n) is 3.42. The topological polar surface area (TPSA) is 15.3 Å². The summed E-state index contributed by atoms with van der Waals surface area (Å²) in [4.78, 5) is 2.49. The van der Waals surface area contributed by atoms with Gasteiger partial charge in [0.15, 0.2) is 0 Å². The summed E-state index contributed by atoms with van der Waals surface area (Å²) in [5.41, 5.74) is 2.78. The minimum absolute atomic E-state index is 0.131. The molecule has 1 fully saturated rings. The Morgan fingerprint density at radius 1 is 1.25 bits per heavy atom. The van der Waals surface area contributed by atoms with E-state index >= 15 is 0 Å². The Bertz CT molecular complexity index is 435. The highest BCUT2D eigenvalue weighted by Crippen LogP contribution is 2.27. The van der Waals surface area contributed by atoms with Crippen LogP contribution in [0.1, 0.15) is 32.8 Å². The average molecular weight is 313 g/mol. The Labute approximate surface area is 132 Å². The molecule has 1 N–H and O–H groups in total. The van der Waals surface area contributed by atoms with E-state index in [9.17, 15) is 0 Å². The fraction of sp³-hybridized carbons (Fsp3) is 0.625. The summed E-state index contributed by atoms with van der Waals surface area (Å²) in [5.74, 6) is 2.48. The van der Waals surface area contributed by atoms with Gasteiger partial charge >= 0.3 is 0 Å². The molecule has 0 atom stereocenters. The molecule has 0 amide bonds. The number of halogens is 1. The molecule has 20 heavy (non-hydrogen) atoms. The first-order chi connectivity index (χ1) is 9.46. The van der Waals surface area contributed by atoms with Crippen molar-refractivity contribution in [1.29, 1.82) is 0 Å². The van der Waals surface area contributed by atoms with Crippen LogP contribution in [0.15, 0.2) is 18.2 Å². The third-order valence-corrected chi connectivity index (χ3v) is 4.70. The van der Waals surface area contributed by atoms with Crippen LogP contribution in [-0.4, -0.2) is 30.1 Å². The van der Waals surface area contributed by atoms with Gasteiger partial charge in [-0.25, -0.2) is 0 Å². The molecule has 1 heterocycles. The van der Waals surface area contributed by atoms with Crippen LogP contribution in [0.3, 0.4) is 0 Å². The molecule has 1 aromatic carbocycles. The second-order valence-electron chi connectivity index (χ2n) is 6.33. The molecule has 0 unspecified atom stereocenters. The third kappa shape index (κ3) is 4.87. The van der Waals surface area contributed by atoms with Gasteiger partial charge in [-0.05, 0) is 50.6 Å². The van der Waals surface area contributed by atoms with Crippen molar-refractivity contribution in [1.82, 2.24) is 5.32 Å². The van der Waals surface area contributed by atoms with Gasteiger partial charge in [0.2, 0.25) is 0 Å². The molecule has 0 radical (unpaired) electrons. The summed E-state index contributed by atoms with van der Waals surface area (Å²) in [7, 11) is 0. The van der Waals surface area contributed by atoms with Crippen molar-refractivity contribution in [2.24, 2.45) is 0 Å². The van der Waals surface area contributed by atoms with Gasteiger partial charge in [-0.2, -0.15) is 11.8 Å². The van der Waals surface area contributed by atoms with E-state index < -0.39 is 0 Å². The lowest BCUT2D eigenvalue weighted by molar-refractivity contribution is 0.424. The first kappa shape index (κ1) is 16.0. The maximum Gasteiger partial charge on any atom is 0.0427 e. The van der Waals surface area contributed by atoms with Crippen LogP contribution in [0.4, 0.5) is 5.69 Å². The van der Waals surface area contributed by atoms with E-state index in [1.54, 1.807) is 0 Å². The van der Waals surface area contributed by atoms with Gasteiger partial charge in [0.05, 0.1) is 0 Å². The van der Waals surface area contributed by atoms with Crippen molar-refractivity contribution in [3.05, 3.63) is 28.8 Å². The number of nitrogens with one attached hydrogen (secondary N) is 1. The fourth-order valence-corrected chi connectivity index (χ4v) is 3.38. The average Bonchev–Trinajstić information content (AvgIpc) is 2.65. The lowest BCUT2D eigenvalue weighted by Crippen LogP contribution is -2.36. The number of hydrogen-bond acceptors (Lipinski definition) is 3. The van der Waals surface area contributed by atoms with Crippen LogP contribution in [0, 0.1) is 0 Å². The molecule has 1 aliphatic heterocycles. The molecular formula is C16H25ClN2S. The van der Waals surface area contributed by atoms with E-state index in [0.717, 1.165) is 24.7 Å². The summed E-state index contributed by atoms with van der Waals surface area (Å²) < 4.78 is 0. The molecule has 112 valence electrons. The minimum atomic E-state index is 0.131. The molecule has 0 aliphatic carbocycles. The highest BCUT2D eigenvalue weighted by atomic mass is 35.5. The summed E-state index contributed by atoms with van der Waals surface area (Å²) in [6.45, 7) is 9.74. The largest absolute Gasteiger partial charge is 0.370 e. The SMILES string of the molecule is CC(C)(C)NCc1ccc(Cl)cc1N1CCCSCC1. The Hall–Kier alpha value is -0.380. The van der Waals surface area contributed by atoms with Gasteiger partial charge in [0, 0.05) is 41.6 Å². The summed E-state index contributed by atoms with van der Waals surface area (Å²) in [6.07, 6.45) is 1.25. The van der Waals surface area contributed by atoms with Crippen molar-refractivity contribution in [3.63, 3.8) is 0 Å². The van der Waals surface area contributed by atoms with E-state index in [0.29, 0.717) is 0 Å². The Balaban J connectivity index is 2.18. The first-order valence-corrected chi connectivity index (χ1v) is 8.85. The quantitative estimate of drug-likeness (QED) is 0.901. The maximum atomic E-state index is 6.21. The molecular weight excluding hydrogens is 288 g/mol. The van der Waals surface area contributed by atoms with Gasteiger partial charge in [-0.15, -0.1) is 0 Å². The molecule has 2 rings (SSSR count). The zero-order valence-electron chi connectivity index (χ0n) is 12.7. The van der Waals surface area contributed by atoms with E-state index in [4.69, 9.17) is 11.6 Å². The van der Waals surface area contributed by atoms with Gasteiger partial charge in [0.1, 0.15) is 0 Å². The minimum Gasteiger partial charge on any atom is -0.370 e. The van der Waals surface area contributed by atoms with Crippen LogP contribution in [0.25, 0.3) is 0 Å². The molecule has 4 heteroatoms. The molecule has 2 nitrogen and oxygen atoms in total. The van der Waals surface area contributed by atoms with E-state index in [2.05, 4.69) is 54.9 Å². The number of hydrogen-bond donors (Lipinski definition) is 1. The van der Waals surface area contributed by atoms with Crippen molar-refractivity contribution < 1.29 is 0 Å². The normalized spacial score (nSPS) is 17.1. The van der Waals surface area contributed by atoms with Crippen LogP contribution in [0.2, 0.25) is 5.02 Å². The van der Waals surface area contributed by atoms with Crippen molar-refractivity contribution in [2.45, 2.75) is 39.3 Å². The Kier molecular flexibility index (Phi) is 5.65. The lowest BCUT2D eigenvalue weighted by Gasteiger charge is -2.27. The van der Waals surface area contributed by atoms with Gasteiger partial charge in [-0.3, -0.25) is 0 Å². The van der Waals surface area contributed by atoms with Crippen LogP contribution >= 0.6 is 23.4 Å². The van der Waals surface area contributed by atoms with E-state index in [1.807, 2.05) is 6.07 Å². The molecule has 1 aromatic rings. The van der Waals surface area contributed by atoms with Crippen molar-refractivity contribution in [2.75, 3.05) is 29.5 Å². The molecule has 0 bridgehead atoms. The van der Waals surface area contributed by atoms with Gasteiger partial charge in [0.25, 0.3) is 0 Å². The molecule has 1 aliphatic rings. The smallest absolute Gasteiger partial charge is 0.0427 e. The van der Waals surface area contributed by atoms with Crippen LogP contribution in [-0.2, 0) is 6.54 Å². The van der Waals surface area contributed by atoms with Crippen molar-refractivity contribution in [3.8, 4) is 0 Å². The standard InChI is InChI=1S/C16H25ClN2S/c1-16(2,3)18-12-13-5-6-14(17)11-15(13)19-7-4-9-20-10-8-19/h5-6,11,18H,4,7-10,12H2,1-3H3. The summed E-state index contributed by atoms with van der Waals surface area (Å²) >= 11 is 8.27. The lowest BCUT2D eigenvalue weighted by atomic mass is 10.1. The zero-order valence-corrected chi connectivity index (χ0v) is 14.3. The monoisotopic (exact) mass is 312 g/mol. The Morgan fingerprint density at radius 2 is 2.05 bits per heavy atom. The second-order valence-corrected chi connectivity index (χ2v) is 7.99. The van der Waals surface area contributed by atoms with Crippen molar-refractivity contribution >= 4 is 29.1 Å². The zero-order chi connectivity index (χ0) is 14.6. The molecule has 0 saturated carbocycles. The number of rotatable bonds is 3. The number of nitrogens with zero attached hydrogens (tertiary/aromatic N) is 1. The highest BCUT2D eigenvalue weighted by molar-refractivity contribution is 7.99. The van der Waals surface area contributed by atoms with Crippen LogP contribution < -0.4 is 10.2 Å². The number of benzene rings is 1. The van der Waals surface area contributed by atoms with Gasteiger partial charge < -0.3 is 10.2 Å². The predicted molar refractivity (Wildman–Crippen MR) is 92.2 cm³/mol. The number of anilines is 1. The first-order valence-electron chi connectivity index (χ1n) is 7.32. The highest BCUT2D eigenvalue weighted by Gasteiger charge is 2.16. The number of thioether (sulfide) groups is 1. The van der Waals surface area contributed by atoms with Gasteiger partial charge in [-0.1, -0.05) is 17.7 Å². The fourth-order valence-electron chi connectivity index (χ4n) is 2.33. The Morgan fingerprint density at radius 3 is 2.80 bits per heavy atom. The maximum absolute atomic E-state index is 6.21. The van der Waals surface area contributed by atoms with E-state index in [1.165, 1.54) is 29.2 Å². The second kappa shape index (κ2) is 7.06. The predicted octanol–water partition coefficient (Wildman–Crippen LogP) is 4.17. The molecule has 0 aromatic heterocycles. The van der Waals surface area contributed by atoms with Crippen LogP contribution in [0.5, 0.6) is 0 Å². The molecule has 1 saturated heterocycles. The summed E-state index contributed by atoms with van der Waals surface area (Å²) in [6, 6.07) is 6.28. The summed E-state index contributed by atoms with van der Waals surface area (Å²) in [5, 5.41) is 4.41. The van der Waals surface area contributed by atoms with E-state index in [-0.39, 0.29) is 5.54 Å².